The summed E-state index contributed by atoms with van der Waals surface area (Å²) < 4.78 is 5.88. The van der Waals surface area contributed by atoms with E-state index >= 15 is 0 Å². The lowest BCUT2D eigenvalue weighted by atomic mass is 10.0. The molecule has 0 saturated carbocycles. The maximum absolute atomic E-state index is 12.5. The maximum atomic E-state index is 12.5. The van der Waals surface area contributed by atoms with Gasteiger partial charge in [0.1, 0.15) is 17.1 Å². The van der Waals surface area contributed by atoms with Crippen LogP contribution in [0.3, 0.4) is 0 Å². The van der Waals surface area contributed by atoms with Gasteiger partial charge in [0.25, 0.3) is 0 Å². The van der Waals surface area contributed by atoms with E-state index in [1.165, 1.54) is 6.07 Å². The Morgan fingerprint density at radius 3 is 2.59 bits per heavy atom. The summed E-state index contributed by atoms with van der Waals surface area (Å²) in [6.07, 6.45) is 0.554. The zero-order chi connectivity index (χ0) is 15.7. The normalized spacial score (nSPS) is 12.5. The molecular weight excluding hydrogens is 344 g/mol. The zero-order valence-corrected chi connectivity index (χ0v) is 13.6. The molecule has 0 aliphatic carbocycles. The van der Waals surface area contributed by atoms with Crippen LogP contribution in [0.4, 0.5) is 0 Å². The number of fused-ring (bicyclic) bond motifs is 1. The number of hydrogen-bond acceptors (Lipinski definition) is 3. The summed E-state index contributed by atoms with van der Waals surface area (Å²) in [7, 11) is 0. The van der Waals surface area contributed by atoms with Crippen LogP contribution in [-0.4, -0.2) is 9.93 Å². The third-order valence-electron chi connectivity index (χ3n) is 3.52. The van der Waals surface area contributed by atoms with Crippen LogP contribution in [0.5, 0.6) is 5.75 Å². The van der Waals surface area contributed by atoms with Crippen molar-refractivity contribution in [1.29, 1.82) is 0 Å². The van der Waals surface area contributed by atoms with Gasteiger partial charge >= 0.3 is 0 Å². The van der Waals surface area contributed by atoms with Gasteiger partial charge in [0, 0.05) is 22.0 Å². The summed E-state index contributed by atoms with van der Waals surface area (Å²) in [5.41, 5.74) is 1.83. The van der Waals surface area contributed by atoms with Crippen molar-refractivity contribution in [2.45, 2.75) is 18.2 Å². The van der Waals surface area contributed by atoms with Gasteiger partial charge in [0.05, 0.1) is 5.39 Å². The maximum Gasteiger partial charge on any atom is 0.193 e. The monoisotopic (exact) mass is 358 g/mol. The summed E-state index contributed by atoms with van der Waals surface area (Å²) in [5.74, 6) is 0.653. The van der Waals surface area contributed by atoms with Crippen LogP contribution < -0.4 is 5.43 Å². The molecule has 1 heterocycles. The van der Waals surface area contributed by atoms with Gasteiger partial charge in [-0.25, -0.2) is 0 Å². The lowest BCUT2D eigenvalue weighted by molar-refractivity contribution is 0.468. The molecule has 0 spiro atoms. The molecule has 1 atom stereocenters. The molecule has 0 bridgehead atoms. The summed E-state index contributed by atoms with van der Waals surface area (Å²) in [4.78, 5) is 12.7. The molecule has 3 aromatic rings. The quantitative estimate of drug-likeness (QED) is 0.701. The second kappa shape index (κ2) is 5.97. The number of hydrogen-bond donors (Lipinski definition) is 1. The Balaban J connectivity index is 2.25. The van der Waals surface area contributed by atoms with Gasteiger partial charge in [-0.15, -0.1) is 0 Å². The zero-order valence-electron chi connectivity index (χ0n) is 12.0. The summed E-state index contributed by atoms with van der Waals surface area (Å²) >= 11 is 3.46. The van der Waals surface area contributed by atoms with Gasteiger partial charge < -0.3 is 9.52 Å². The van der Waals surface area contributed by atoms with E-state index in [-0.39, 0.29) is 16.0 Å². The molecule has 0 radical (unpaired) electrons. The van der Waals surface area contributed by atoms with Gasteiger partial charge in [0.15, 0.2) is 5.43 Å². The van der Waals surface area contributed by atoms with E-state index in [0.29, 0.717) is 28.7 Å². The highest BCUT2D eigenvalue weighted by molar-refractivity contribution is 9.09. The number of rotatable bonds is 3. The van der Waals surface area contributed by atoms with Gasteiger partial charge in [0.2, 0.25) is 0 Å². The minimum Gasteiger partial charge on any atom is -0.508 e. The minimum atomic E-state index is -0.140. The Labute approximate surface area is 136 Å². The van der Waals surface area contributed by atoms with Crippen molar-refractivity contribution in [3.63, 3.8) is 0 Å². The Hall–Kier alpha value is -2.07. The van der Waals surface area contributed by atoms with Crippen LogP contribution in [0.15, 0.2) is 57.7 Å². The van der Waals surface area contributed by atoms with Crippen LogP contribution in [0.2, 0.25) is 0 Å². The van der Waals surface area contributed by atoms with E-state index in [9.17, 15) is 9.90 Å². The third kappa shape index (κ3) is 2.79. The number of aromatic hydroxyl groups is 1. The highest BCUT2D eigenvalue weighted by atomic mass is 79.9. The first-order valence-electron chi connectivity index (χ1n) is 7.04. The van der Waals surface area contributed by atoms with Crippen molar-refractivity contribution in [3.8, 4) is 17.1 Å². The van der Waals surface area contributed by atoms with E-state index < -0.39 is 0 Å². The second-order valence-corrected chi connectivity index (χ2v) is 6.83. The number of halogens is 1. The van der Waals surface area contributed by atoms with E-state index in [0.717, 1.165) is 5.56 Å². The fourth-order valence-corrected chi connectivity index (χ4v) is 2.87. The topological polar surface area (TPSA) is 50.4 Å². The molecule has 4 heteroatoms. The smallest absolute Gasteiger partial charge is 0.193 e. The first-order valence-corrected chi connectivity index (χ1v) is 7.96. The predicted octanol–water partition coefficient (Wildman–Crippen LogP) is 4.49. The molecule has 0 saturated heterocycles. The van der Waals surface area contributed by atoms with Crippen LogP contribution in [0, 0.1) is 0 Å². The summed E-state index contributed by atoms with van der Waals surface area (Å²) in [5, 5.41) is 10.5. The molecule has 3 nitrogen and oxygen atoms in total. The SMILES string of the molecule is CC(Br)Cc1c(O)ccc2oc(-c3ccccc3)cc(=O)c12. The Bertz CT molecular complexity index is 867. The average molecular weight is 359 g/mol. The lowest BCUT2D eigenvalue weighted by Gasteiger charge is -2.10. The average Bonchev–Trinajstić information content (AvgIpc) is 2.50. The number of phenolic OH excluding ortho intramolecular Hbond substituents is 1. The molecule has 0 aliphatic heterocycles. The summed E-state index contributed by atoms with van der Waals surface area (Å²) in [6.45, 7) is 1.97. The van der Waals surface area contributed by atoms with E-state index in [4.69, 9.17) is 4.42 Å². The van der Waals surface area contributed by atoms with Crippen LogP contribution in [0.1, 0.15) is 12.5 Å². The second-order valence-electron chi connectivity index (χ2n) is 5.26. The third-order valence-corrected chi connectivity index (χ3v) is 3.85. The molecule has 3 rings (SSSR count). The Morgan fingerprint density at radius 1 is 1.18 bits per heavy atom. The van der Waals surface area contributed by atoms with Gasteiger partial charge in [-0.3, -0.25) is 4.79 Å². The first kappa shape index (κ1) is 14.9. The standard InChI is InChI=1S/C18H15BrO3/c1-11(19)9-13-14(20)7-8-16-18(13)15(21)10-17(22-16)12-5-3-2-4-6-12/h2-8,10-11,20H,9H2,1H3. The van der Waals surface area contributed by atoms with Crippen LogP contribution >= 0.6 is 15.9 Å². The summed E-state index contributed by atoms with van der Waals surface area (Å²) in [6, 6.07) is 14.2. The highest BCUT2D eigenvalue weighted by Gasteiger charge is 2.15. The fourth-order valence-electron chi connectivity index (χ4n) is 2.54. The molecule has 1 unspecified atom stereocenters. The molecule has 0 amide bonds. The predicted molar refractivity (Wildman–Crippen MR) is 91.7 cm³/mol. The van der Waals surface area contributed by atoms with Gasteiger partial charge in [-0.1, -0.05) is 53.2 Å². The van der Waals surface area contributed by atoms with Crippen molar-refractivity contribution in [1.82, 2.24) is 0 Å². The van der Waals surface area contributed by atoms with Crippen molar-refractivity contribution in [2.75, 3.05) is 0 Å². The Morgan fingerprint density at radius 2 is 1.91 bits per heavy atom. The highest BCUT2D eigenvalue weighted by Crippen LogP contribution is 2.30. The molecule has 22 heavy (non-hydrogen) atoms. The number of phenols is 1. The minimum absolute atomic E-state index is 0.124. The van der Waals surface area contributed by atoms with Gasteiger partial charge in [-0.05, 0) is 18.6 Å². The molecule has 1 aromatic heterocycles. The van der Waals surface area contributed by atoms with Gasteiger partial charge in [-0.2, -0.15) is 0 Å². The van der Waals surface area contributed by atoms with Crippen molar-refractivity contribution in [3.05, 3.63) is 64.3 Å². The molecule has 0 aliphatic rings. The molecule has 112 valence electrons. The molecular formula is C18H15BrO3. The van der Waals surface area contributed by atoms with Crippen LogP contribution in [0.25, 0.3) is 22.3 Å². The lowest BCUT2D eigenvalue weighted by Crippen LogP contribution is -2.07. The van der Waals surface area contributed by atoms with E-state index in [2.05, 4.69) is 15.9 Å². The first-order chi connectivity index (χ1) is 10.6. The molecule has 2 aromatic carbocycles. The van der Waals surface area contributed by atoms with Crippen molar-refractivity contribution >= 4 is 26.9 Å². The van der Waals surface area contributed by atoms with Crippen molar-refractivity contribution in [2.24, 2.45) is 0 Å². The largest absolute Gasteiger partial charge is 0.508 e. The van der Waals surface area contributed by atoms with E-state index in [1.807, 2.05) is 37.3 Å². The fraction of sp³-hybridized carbons (Fsp3) is 0.167. The van der Waals surface area contributed by atoms with Crippen LogP contribution in [-0.2, 0) is 6.42 Å². The number of alkyl halides is 1. The molecule has 1 N–H and O–H groups in total. The van der Waals surface area contributed by atoms with Crippen molar-refractivity contribution < 1.29 is 9.52 Å². The molecule has 0 fully saturated rings. The number of benzene rings is 2. The Kier molecular flexibility index (Phi) is 4.03. The van der Waals surface area contributed by atoms with E-state index in [1.54, 1.807) is 12.1 Å².